The molecule has 153 valence electrons. The predicted octanol–water partition coefficient (Wildman–Crippen LogP) is 1.18. The van der Waals surface area contributed by atoms with Gasteiger partial charge in [-0.1, -0.05) is 0 Å². The van der Waals surface area contributed by atoms with Crippen LogP contribution in [0.1, 0.15) is 0 Å². The minimum atomic E-state index is -5.84. The number of hydrogen-bond acceptors (Lipinski definition) is 6. The summed E-state index contributed by atoms with van der Waals surface area (Å²) in [4.78, 5) is 0. The van der Waals surface area contributed by atoms with Crippen molar-refractivity contribution in [2.24, 2.45) is 0 Å². The van der Waals surface area contributed by atoms with E-state index < -0.39 is 46.9 Å². The van der Waals surface area contributed by atoms with Crippen LogP contribution in [0.5, 0.6) is 0 Å². The van der Waals surface area contributed by atoms with E-state index in [9.17, 15) is 39.5 Å². The molecule has 3 N–H and O–H groups in total. The van der Waals surface area contributed by atoms with Gasteiger partial charge in [0.25, 0.3) is 0 Å². The molecule has 25 heavy (non-hydrogen) atoms. The molecule has 0 bridgehead atoms. The molecule has 0 fully saturated rings. The predicted molar refractivity (Wildman–Crippen MR) is 52.8 cm³/mol. The van der Waals surface area contributed by atoms with E-state index in [2.05, 4.69) is 0 Å². The summed E-state index contributed by atoms with van der Waals surface area (Å²) in [5, 5.41) is 0. The van der Waals surface area contributed by atoms with Crippen LogP contribution in [0.2, 0.25) is 0 Å². The van der Waals surface area contributed by atoms with Crippen LogP contribution in [-0.4, -0.2) is 55.4 Å². The Morgan fingerprint density at radius 1 is 0.440 bits per heavy atom. The second kappa shape index (κ2) is 9.94. The Hall–Kier alpha value is 0.204. The van der Waals surface area contributed by atoms with Crippen molar-refractivity contribution in [1.82, 2.24) is 0 Å². The van der Waals surface area contributed by atoms with E-state index >= 15 is 0 Å². The van der Waals surface area contributed by atoms with E-state index in [1.807, 2.05) is 0 Å². The van der Waals surface area contributed by atoms with Crippen molar-refractivity contribution in [1.29, 1.82) is 0 Å². The van der Waals surface area contributed by atoms with Crippen LogP contribution >= 0.6 is 0 Å². The molecule has 9 nitrogen and oxygen atoms in total. The Balaban J connectivity index is -0.000000130. The smallest absolute Gasteiger partial charge is 0.279 e. The average molecular weight is 539 g/mol. The van der Waals surface area contributed by atoms with Gasteiger partial charge in [-0.25, -0.2) is 0 Å². The van der Waals surface area contributed by atoms with Crippen molar-refractivity contribution >= 4 is 30.4 Å². The van der Waals surface area contributed by atoms with Crippen LogP contribution in [0.4, 0.5) is 39.5 Å². The molecule has 0 aromatic rings. The van der Waals surface area contributed by atoms with Gasteiger partial charge in [-0.3, -0.25) is 13.7 Å². The molecule has 1 radical (unpaired) electrons. The molecular weight excluding hydrogens is 536 g/mol. The third-order valence-corrected chi connectivity index (χ3v) is 2.63. The largest absolute Gasteiger partial charge is 0.522 e. The zero-order chi connectivity index (χ0) is 21.0. The molecule has 0 aliphatic carbocycles. The maximum Gasteiger partial charge on any atom is 0.522 e. The Labute approximate surface area is 157 Å². The molecule has 0 spiro atoms. The Morgan fingerprint density at radius 3 is 0.480 bits per heavy atom. The van der Waals surface area contributed by atoms with E-state index in [-0.39, 0.29) is 32.7 Å². The topological polar surface area (TPSA) is 163 Å². The molecule has 0 unspecified atom stereocenters. The quantitative estimate of drug-likeness (QED) is 0.233. The van der Waals surface area contributed by atoms with E-state index in [1.54, 1.807) is 0 Å². The molecular formula is C3H3F9O9S3Y. The summed E-state index contributed by atoms with van der Waals surface area (Å²) in [6, 6.07) is 0. The van der Waals surface area contributed by atoms with Crippen LogP contribution in [0, 0.1) is 0 Å². The third-order valence-electron chi connectivity index (χ3n) is 0.877. The van der Waals surface area contributed by atoms with Crippen LogP contribution in [0.25, 0.3) is 0 Å². The molecule has 0 aliphatic heterocycles. The van der Waals surface area contributed by atoms with Crippen LogP contribution < -0.4 is 0 Å². The average Bonchev–Trinajstić information content (AvgIpc) is 2.08. The monoisotopic (exact) mass is 539 g/mol. The first-order valence-electron chi connectivity index (χ1n) is 3.86. The zero-order valence-corrected chi connectivity index (χ0v) is 15.8. The molecule has 0 saturated carbocycles. The van der Waals surface area contributed by atoms with E-state index in [1.165, 1.54) is 0 Å². The van der Waals surface area contributed by atoms with Crippen molar-refractivity contribution in [2.45, 2.75) is 16.5 Å². The Kier molecular flexibility index (Phi) is 13.1. The van der Waals surface area contributed by atoms with Gasteiger partial charge in [0.1, 0.15) is 0 Å². The SMILES string of the molecule is O=S(=O)(O)C(F)(F)F.O=S(=O)(O)C(F)(F)F.O=S(=O)(O)C(F)(F)F.[Y]. The fraction of sp³-hybridized carbons (Fsp3) is 1.00. The normalized spacial score (nSPS) is 13.4. The molecule has 0 saturated heterocycles. The molecule has 0 atom stereocenters. The molecule has 0 aromatic carbocycles. The van der Waals surface area contributed by atoms with Gasteiger partial charge in [-0.15, -0.1) is 0 Å². The summed E-state index contributed by atoms with van der Waals surface area (Å²) in [5.41, 5.74) is -16.6. The zero-order valence-electron chi connectivity index (χ0n) is 10.5. The number of rotatable bonds is 0. The van der Waals surface area contributed by atoms with Gasteiger partial charge in [0.15, 0.2) is 0 Å². The van der Waals surface area contributed by atoms with Gasteiger partial charge in [0.05, 0.1) is 0 Å². The first kappa shape index (κ1) is 32.8. The fourth-order valence-electron chi connectivity index (χ4n) is 0. The van der Waals surface area contributed by atoms with Gasteiger partial charge < -0.3 is 0 Å². The second-order valence-electron chi connectivity index (χ2n) is 2.76. The summed E-state index contributed by atoms with van der Waals surface area (Å²) >= 11 is 0. The fourth-order valence-corrected chi connectivity index (χ4v) is 0. The van der Waals surface area contributed by atoms with Crippen LogP contribution in [0.3, 0.4) is 0 Å². The number of alkyl halides is 9. The molecule has 0 aliphatic rings. The van der Waals surface area contributed by atoms with Crippen molar-refractivity contribution in [3.63, 3.8) is 0 Å². The second-order valence-corrected chi connectivity index (χ2v) is 7.00. The van der Waals surface area contributed by atoms with Crippen molar-refractivity contribution in [3.05, 3.63) is 0 Å². The summed E-state index contributed by atoms with van der Waals surface area (Å²) < 4.78 is 173. The molecule has 0 amide bonds. The van der Waals surface area contributed by atoms with Gasteiger partial charge in [0.2, 0.25) is 0 Å². The first-order valence-corrected chi connectivity index (χ1v) is 8.18. The van der Waals surface area contributed by atoms with Crippen LogP contribution in [-0.2, 0) is 63.1 Å². The summed E-state index contributed by atoms with van der Waals surface area (Å²) in [6.45, 7) is 0. The van der Waals surface area contributed by atoms with Gasteiger partial charge in [-0.2, -0.15) is 64.8 Å². The minimum Gasteiger partial charge on any atom is -0.279 e. The van der Waals surface area contributed by atoms with E-state index in [4.69, 9.17) is 38.9 Å². The third kappa shape index (κ3) is 16.1. The molecule has 0 heterocycles. The minimum absolute atomic E-state index is 0. The van der Waals surface area contributed by atoms with Gasteiger partial charge in [0, 0.05) is 32.7 Å². The van der Waals surface area contributed by atoms with Crippen molar-refractivity contribution < 1.29 is 111 Å². The van der Waals surface area contributed by atoms with E-state index in [0.29, 0.717) is 0 Å². The number of halogens is 9. The van der Waals surface area contributed by atoms with Gasteiger partial charge >= 0.3 is 46.9 Å². The summed E-state index contributed by atoms with van der Waals surface area (Å²) in [6.07, 6.45) is 0. The van der Waals surface area contributed by atoms with Crippen molar-refractivity contribution in [3.8, 4) is 0 Å². The maximum absolute atomic E-state index is 10.7. The summed E-state index contributed by atoms with van der Waals surface area (Å²) in [5.74, 6) is 0. The maximum atomic E-state index is 10.7. The Morgan fingerprint density at radius 2 is 0.480 bits per heavy atom. The van der Waals surface area contributed by atoms with Gasteiger partial charge in [-0.05, 0) is 0 Å². The summed E-state index contributed by atoms with van der Waals surface area (Å²) in [7, 11) is -17.5. The standard InChI is InChI=1S/3CHF3O3S.Y/c3*2-1(3,4)8(5,6)7;/h3*(H,5,6,7);. The molecule has 0 aromatic heterocycles. The molecule has 22 heteroatoms. The van der Waals surface area contributed by atoms with Crippen LogP contribution in [0.15, 0.2) is 0 Å². The Bertz CT molecular complexity index is 596. The molecule has 0 rings (SSSR count). The van der Waals surface area contributed by atoms with E-state index in [0.717, 1.165) is 0 Å². The first-order chi connectivity index (χ1) is 9.75. The number of hydrogen-bond donors (Lipinski definition) is 3. The van der Waals surface area contributed by atoms with Crippen molar-refractivity contribution in [2.75, 3.05) is 0 Å².